The Morgan fingerprint density at radius 1 is 1.03 bits per heavy atom. The van der Waals surface area contributed by atoms with E-state index in [-0.39, 0.29) is 11.7 Å². The van der Waals surface area contributed by atoms with Crippen LogP contribution in [0, 0.1) is 0 Å². The summed E-state index contributed by atoms with van der Waals surface area (Å²) in [5, 5.41) is 5.46. The maximum Gasteiger partial charge on any atom is 0.250 e. The molecule has 0 saturated carbocycles. The molecule has 0 unspecified atom stereocenters. The fraction of sp³-hybridized carbons (Fsp3) is 0.0800. The molecule has 4 rings (SSSR count). The van der Waals surface area contributed by atoms with Gasteiger partial charge < -0.3 is 4.57 Å². The van der Waals surface area contributed by atoms with Crippen molar-refractivity contribution in [1.82, 2.24) is 15.0 Å². The van der Waals surface area contributed by atoms with Crippen molar-refractivity contribution in [3.05, 3.63) is 101 Å². The molecule has 0 saturated heterocycles. The number of hydrogen-bond donors (Lipinski definition) is 1. The average molecular weight is 461 g/mol. The molecule has 160 valence electrons. The van der Waals surface area contributed by atoms with Crippen LogP contribution in [-0.4, -0.2) is 27.4 Å². The molecule has 4 aromatic rings. The number of hydrogen-bond acceptors (Lipinski definition) is 4. The molecule has 0 aliphatic carbocycles. The van der Waals surface area contributed by atoms with Crippen LogP contribution in [0.4, 0.5) is 0 Å². The molecular formula is C25H21ClN4OS. The molecule has 1 heterocycles. The number of carbonyl (C=O) groups is 1. The van der Waals surface area contributed by atoms with Crippen molar-refractivity contribution >= 4 is 52.6 Å². The molecule has 0 radical (unpaired) electrons. The molecule has 32 heavy (non-hydrogen) atoms. The lowest BCUT2D eigenvalue weighted by Gasteiger charge is -2.09. The van der Waals surface area contributed by atoms with E-state index in [1.807, 2.05) is 84.9 Å². The van der Waals surface area contributed by atoms with Gasteiger partial charge in [-0.15, -0.1) is 0 Å². The van der Waals surface area contributed by atoms with Gasteiger partial charge in [0, 0.05) is 11.2 Å². The van der Waals surface area contributed by atoms with Crippen LogP contribution in [0.2, 0.25) is 5.02 Å². The van der Waals surface area contributed by atoms with Crippen LogP contribution in [0.25, 0.3) is 17.1 Å². The number of nitrogens with one attached hydrogen (secondary N) is 1. The summed E-state index contributed by atoms with van der Waals surface area (Å²) in [4.78, 5) is 17.0. The van der Waals surface area contributed by atoms with Crippen LogP contribution in [0.5, 0.6) is 0 Å². The zero-order valence-corrected chi connectivity index (χ0v) is 18.8. The van der Waals surface area contributed by atoms with Crippen molar-refractivity contribution in [1.29, 1.82) is 0 Å². The highest BCUT2D eigenvalue weighted by molar-refractivity contribution is 7.99. The molecular weight excluding hydrogens is 440 g/mol. The highest BCUT2D eigenvalue weighted by Gasteiger charge is 2.13. The standard InChI is InChI=1S/C25H21ClN4OS/c26-21-14-12-20(13-15-21)17-30-23-11-5-4-10-22(23)28-25(30)32-18-24(31)29-27-16-6-9-19-7-2-1-3-8-19/h1-16H,17-18H2,(H,29,31)/b9-6+,27-16-. The molecule has 7 heteroatoms. The highest BCUT2D eigenvalue weighted by atomic mass is 35.5. The number of thioether (sulfide) groups is 1. The third-order valence-corrected chi connectivity index (χ3v) is 5.87. The van der Waals surface area contributed by atoms with Crippen LogP contribution < -0.4 is 5.43 Å². The molecule has 0 atom stereocenters. The highest BCUT2D eigenvalue weighted by Crippen LogP contribution is 2.25. The van der Waals surface area contributed by atoms with E-state index in [1.165, 1.54) is 11.8 Å². The van der Waals surface area contributed by atoms with Gasteiger partial charge in [0.05, 0.1) is 23.3 Å². The summed E-state index contributed by atoms with van der Waals surface area (Å²) in [7, 11) is 0. The first-order valence-electron chi connectivity index (χ1n) is 10.1. The lowest BCUT2D eigenvalue weighted by atomic mass is 10.2. The number of fused-ring (bicyclic) bond motifs is 1. The number of aromatic nitrogens is 2. The van der Waals surface area contributed by atoms with Gasteiger partial charge >= 0.3 is 0 Å². The molecule has 0 spiro atoms. The first-order chi connectivity index (χ1) is 15.7. The van der Waals surface area contributed by atoms with E-state index >= 15 is 0 Å². The smallest absolute Gasteiger partial charge is 0.250 e. The second-order valence-electron chi connectivity index (χ2n) is 6.97. The van der Waals surface area contributed by atoms with Crippen LogP contribution in [0.3, 0.4) is 0 Å². The Balaban J connectivity index is 1.39. The summed E-state index contributed by atoms with van der Waals surface area (Å²) < 4.78 is 2.11. The number of allylic oxidation sites excluding steroid dienone is 1. The molecule has 1 aromatic heterocycles. The van der Waals surface area contributed by atoms with Crippen molar-refractivity contribution < 1.29 is 4.79 Å². The topological polar surface area (TPSA) is 59.3 Å². The zero-order valence-electron chi connectivity index (χ0n) is 17.2. The Labute approximate surface area is 195 Å². The Morgan fingerprint density at radius 3 is 2.59 bits per heavy atom. The number of para-hydroxylation sites is 2. The van der Waals surface area contributed by atoms with E-state index in [0.29, 0.717) is 11.6 Å². The molecule has 0 aliphatic rings. The van der Waals surface area contributed by atoms with E-state index in [0.717, 1.165) is 27.3 Å². The SMILES string of the molecule is O=C(CSc1nc2ccccc2n1Cc1ccc(Cl)cc1)N/N=C\C=C\c1ccccc1. The third kappa shape index (κ3) is 5.87. The van der Waals surface area contributed by atoms with Gasteiger partial charge in [-0.3, -0.25) is 4.79 Å². The van der Waals surface area contributed by atoms with Gasteiger partial charge in [-0.2, -0.15) is 5.10 Å². The third-order valence-electron chi connectivity index (χ3n) is 4.64. The van der Waals surface area contributed by atoms with Gasteiger partial charge in [-0.05, 0) is 41.5 Å². The summed E-state index contributed by atoms with van der Waals surface area (Å²) in [6.45, 7) is 0.643. The van der Waals surface area contributed by atoms with Crippen molar-refractivity contribution in [3.8, 4) is 0 Å². The lowest BCUT2D eigenvalue weighted by molar-refractivity contribution is -0.118. The fourth-order valence-corrected chi connectivity index (χ4v) is 4.05. The van der Waals surface area contributed by atoms with Crippen LogP contribution in [0.1, 0.15) is 11.1 Å². The average Bonchev–Trinajstić information content (AvgIpc) is 3.17. The molecule has 0 fully saturated rings. The number of hydrazone groups is 1. The van der Waals surface area contributed by atoms with Crippen LogP contribution >= 0.6 is 23.4 Å². The van der Waals surface area contributed by atoms with Gasteiger partial charge in [0.1, 0.15) is 0 Å². The van der Waals surface area contributed by atoms with E-state index < -0.39 is 0 Å². The van der Waals surface area contributed by atoms with Gasteiger partial charge in [0.15, 0.2) is 5.16 Å². The molecule has 0 bridgehead atoms. The van der Waals surface area contributed by atoms with Crippen molar-refractivity contribution in [2.24, 2.45) is 5.10 Å². The second kappa shape index (κ2) is 10.8. The number of benzene rings is 3. The molecule has 1 amide bonds. The second-order valence-corrected chi connectivity index (χ2v) is 8.35. The van der Waals surface area contributed by atoms with E-state index in [2.05, 4.69) is 15.1 Å². The van der Waals surface area contributed by atoms with Gasteiger partial charge in [-0.25, -0.2) is 10.4 Å². The summed E-state index contributed by atoms with van der Waals surface area (Å²) in [5.41, 5.74) is 6.65. The Morgan fingerprint density at radius 2 is 1.78 bits per heavy atom. The Kier molecular flexibility index (Phi) is 7.38. The molecule has 1 N–H and O–H groups in total. The maximum absolute atomic E-state index is 12.3. The monoisotopic (exact) mass is 460 g/mol. The molecule has 3 aromatic carbocycles. The predicted molar refractivity (Wildman–Crippen MR) is 133 cm³/mol. The molecule has 0 aliphatic heterocycles. The van der Waals surface area contributed by atoms with Crippen molar-refractivity contribution in [2.75, 3.05) is 5.75 Å². The Bertz CT molecular complexity index is 1250. The Hall–Kier alpha value is -3.35. The number of imidazole rings is 1. The maximum atomic E-state index is 12.3. The number of rotatable bonds is 8. The predicted octanol–water partition coefficient (Wildman–Crippen LogP) is 5.65. The summed E-state index contributed by atoms with van der Waals surface area (Å²) in [5.74, 6) is 0.0217. The largest absolute Gasteiger partial charge is 0.314 e. The fourth-order valence-electron chi connectivity index (χ4n) is 3.12. The van der Waals surface area contributed by atoms with Crippen molar-refractivity contribution in [3.63, 3.8) is 0 Å². The number of amides is 1. The first kappa shape index (κ1) is 21.9. The summed E-state index contributed by atoms with van der Waals surface area (Å²) in [6.07, 6.45) is 5.27. The zero-order chi connectivity index (χ0) is 22.2. The van der Waals surface area contributed by atoms with Crippen molar-refractivity contribution in [2.45, 2.75) is 11.7 Å². The summed E-state index contributed by atoms with van der Waals surface area (Å²) >= 11 is 7.40. The van der Waals surface area contributed by atoms with E-state index in [4.69, 9.17) is 16.6 Å². The normalized spacial score (nSPS) is 11.5. The quantitative estimate of drug-likeness (QED) is 0.210. The minimum atomic E-state index is -0.190. The minimum absolute atomic E-state index is 0.190. The number of carbonyl (C=O) groups excluding carboxylic acids is 1. The number of halogens is 1. The van der Waals surface area contributed by atoms with Gasteiger partial charge in [0.25, 0.3) is 5.91 Å². The van der Waals surface area contributed by atoms with Gasteiger partial charge in [-0.1, -0.05) is 84.0 Å². The van der Waals surface area contributed by atoms with Crippen LogP contribution in [0.15, 0.2) is 95.2 Å². The first-order valence-corrected chi connectivity index (χ1v) is 11.4. The van der Waals surface area contributed by atoms with Gasteiger partial charge in [0.2, 0.25) is 0 Å². The lowest BCUT2D eigenvalue weighted by Crippen LogP contribution is -2.19. The summed E-state index contributed by atoms with van der Waals surface area (Å²) in [6, 6.07) is 25.6. The van der Waals surface area contributed by atoms with E-state index in [9.17, 15) is 4.79 Å². The molecule has 5 nitrogen and oxygen atoms in total. The minimum Gasteiger partial charge on any atom is -0.314 e. The number of nitrogens with zero attached hydrogens (tertiary/aromatic N) is 3. The van der Waals surface area contributed by atoms with E-state index in [1.54, 1.807) is 12.3 Å². The van der Waals surface area contributed by atoms with Crippen LogP contribution in [-0.2, 0) is 11.3 Å².